The molecule has 0 amide bonds. The lowest BCUT2D eigenvalue weighted by molar-refractivity contribution is 0.270. The molecule has 0 aliphatic carbocycles. The Labute approximate surface area is 126 Å². The van der Waals surface area contributed by atoms with Crippen molar-refractivity contribution in [3.8, 4) is 11.6 Å². The van der Waals surface area contributed by atoms with E-state index < -0.39 is 5.82 Å². The Morgan fingerprint density at radius 2 is 1.91 bits per heavy atom. The smallest absolute Gasteiger partial charge is 0.205 e. The van der Waals surface area contributed by atoms with Crippen LogP contribution in [-0.2, 0) is 6.42 Å². The van der Waals surface area contributed by atoms with Crippen LogP contribution in [0.3, 0.4) is 0 Å². The SMILES string of the molecule is O=c1c2c(n(-c3ccccc3)c3ccc(F)cc13)OCCC2. The first-order valence-electron chi connectivity index (χ1n) is 7.31. The second-order valence-electron chi connectivity index (χ2n) is 5.40. The number of nitrogens with zero attached hydrogens (tertiary/aromatic N) is 1. The number of halogens is 1. The van der Waals surface area contributed by atoms with Crippen LogP contribution in [0.15, 0.2) is 53.3 Å². The molecule has 0 unspecified atom stereocenters. The fourth-order valence-electron chi connectivity index (χ4n) is 3.01. The molecule has 1 aromatic heterocycles. The summed E-state index contributed by atoms with van der Waals surface area (Å²) in [5.41, 5.74) is 2.07. The molecule has 2 aromatic carbocycles. The van der Waals surface area contributed by atoms with Gasteiger partial charge in [0.2, 0.25) is 5.88 Å². The highest BCUT2D eigenvalue weighted by Crippen LogP contribution is 2.30. The Morgan fingerprint density at radius 3 is 2.73 bits per heavy atom. The van der Waals surface area contributed by atoms with Gasteiger partial charge in [-0.15, -0.1) is 0 Å². The van der Waals surface area contributed by atoms with E-state index in [1.165, 1.54) is 12.1 Å². The Morgan fingerprint density at radius 1 is 1.09 bits per heavy atom. The van der Waals surface area contributed by atoms with Crippen molar-refractivity contribution in [1.82, 2.24) is 4.57 Å². The molecule has 1 aliphatic heterocycles. The van der Waals surface area contributed by atoms with E-state index in [9.17, 15) is 9.18 Å². The highest BCUT2D eigenvalue weighted by Gasteiger charge is 2.22. The van der Waals surface area contributed by atoms with Crippen LogP contribution in [0.1, 0.15) is 12.0 Å². The summed E-state index contributed by atoms with van der Waals surface area (Å²) in [7, 11) is 0. The summed E-state index contributed by atoms with van der Waals surface area (Å²) in [6.07, 6.45) is 1.46. The molecule has 3 nitrogen and oxygen atoms in total. The first kappa shape index (κ1) is 13.1. The zero-order chi connectivity index (χ0) is 15.1. The number of para-hydroxylation sites is 1. The summed E-state index contributed by atoms with van der Waals surface area (Å²) < 4.78 is 21.3. The summed E-state index contributed by atoms with van der Waals surface area (Å²) in [4.78, 5) is 12.6. The zero-order valence-corrected chi connectivity index (χ0v) is 11.9. The van der Waals surface area contributed by atoms with Gasteiger partial charge >= 0.3 is 0 Å². The third-order valence-electron chi connectivity index (χ3n) is 4.00. The molecule has 0 spiro atoms. The predicted molar refractivity (Wildman–Crippen MR) is 83.3 cm³/mol. The summed E-state index contributed by atoms with van der Waals surface area (Å²) in [6, 6.07) is 14.0. The van der Waals surface area contributed by atoms with Crippen LogP contribution in [0.2, 0.25) is 0 Å². The minimum absolute atomic E-state index is 0.128. The maximum atomic E-state index is 13.6. The second kappa shape index (κ2) is 4.98. The number of aromatic nitrogens is 1. The largest absolute Gasteiger partial charge is 0.478 e. The molecule has 110 valence electrons. The van der Waals surface area contributed by atoms with Crippen LogP contribution < -0.4 is 10.2 Å². The van der Waals surface area contributed by atoms with Crippen LogP contribution in [0.25, 0.3) is 16.6 Å². The fourth-order valence-corrected chi connectivity index (χ4v) is 3.01. The quantitative estimate of drug-likeness (QED) is 0.688. The van der Waals surface area contributed by atoms with Crippen LogP contribution in [-0.4, -0.2) is 11.2 Å². The summed E-state index contributed by atoms with van der Waals surface area (Å²) in [5.74, 6) is 0.183. The van der Waals surface area contributed by atoms with Crippen LogP contribution in [0.4, 0.5) is 4.39 Å². The highest BCUT2D eigenvalue weighted by molar-refractivity contribution is 5.83. The van der Waals surface area contributed by atoms with E-state index in [1.54, 1.807) is 6.07 Å². The van der Waals surface area contributed by atoms with Crippen molar-refractivity contribution >= 4 is 10.9 Å². The fraction of sp³-hybridized carbons (Fsp3) is 0.167. The van der Waals surface area contributed by atoms with Crippen molar-refractivity contribution < 1.29 is 9.13 Å². The molecule has 0 saturated carbocycles. The Hall–Kier alpha value is -2.62. The molecule has 0 fully saturated rings. The number of ether oxygens (including phenoxy) is 1. The molecule has 0 radical (unpaired) electrons. The number of hydrogen-bond donors (Lipinski definition) is 0. The molecular weight excluding hydrogens is 281 g/mol. The van der Waals surface area contributed by atoms with E-state index in [0.717, 1.165) is 12.1 Å². The first-order chi connectivity index (χ1) is 10.8. The van der Waals surface area contributed by atoms with Crippen molar-refractivity contribution in [3.05, 3.63) is 70.1 Å². The van der Waals surface area contributed by atoms with Crippen LogP contribution >= 0.6 is 0 Å². The first-order valence-corrected chi connectivity index (χ1v) is 7.31. The Kier molecular flexibility index (Phi) is 2.96. The third-order valence-corrected chi connectivity index (χ3v) is 4.00. The predicted octanol–water partition coefficient (Wildman–Crippen LogP) is 3.45. The number of hydrogen-bond acceptors (Lipinski definition) is 2. The van der Waals surface area contributed by atoms with Crippen LogP contribution in [0.5, 0.6) is 5.88 Å². The standard InChI is InChI=1S/C18H14FNO2/c19-12-8-9-16-15(11-12)17(21)14-7-4-10-22-18(14)20(16)13-5-2-1-3-6-13/h1-3,5-6,8-9,11H,4,7,10H2. The van der Waals surface area contributed by atoms with Crippen molar-refractivity contribution in [3.63, 3.8) is 0 Å². The van der Waals surface area contributed by atoms with E-state index in [1.807, 2.05) is 34.9 Å². The normalized spacial score (nSPS) is 13.7. The van der Waals surface area contributed by atoms with E-state index in [4.69, 9.17) is 4.74 Å². The molecule has 0 bridgehead atoms. The number of benzene rings is 2. The van der Waals surface area contributed by atoms with Crippen LogP contribution in [0, 0.1) is 5.82 Å². The van der Waals surface area contributed by atoms with Gasteiger partial charge in [0.1, 0.15) is 5.82 Å². The monoisotopic (exact) mass is 295 g/mol. The molecule has 0 N–H and O–H groups in total. The number of rotatable bonds is 1. The van der Waals surface area contributed by atoms with Gasteiger partial charge in [0, 0.05) is 11.1 Å². The zero-order valence-electron chi connectivity index (χ0n) is 11.9. The van der Waals surface area contributed by atoms with Gasteiger partial charge in [-0.25, -0.2) is 4.39 Å². The van der Waals surface area contributed by atoms with E-state index >= 15 is 0 Å². The van der Waals surface area contributed by atoms with Crippen molar-refractivity contribution in [2.75, 3.05) is 6.61 Å². The number of fused-ring (bicyclic) bond motifs is 2. The second-order valence-corrected chi connectivity index (χ2v) is 5.40. The van der Waals surface area contributed by atoms with Crippen molar-refractivity contribution in [1.29, 1.82) is 0 Å². The molecular formula is C18H14FNO2. The van der Waals surface area contributed by atoms with Gasteiger partial charge in [-0.2, -0.15) is 0 Å². The highest BCUT2D eigenvalue weighted by atomic mass is 19.1. The van der Waals surface area contributed by atoms with Gasteiger partial charge in [0.25, 0.3) is 0 Å². The average molecular weight is 295 g/mol. The maximum Gasteiger partial charge on any atom is 0.205 e. The van der Waals surface area contributed by atoms with E-state index in [2.05, 4.69) is 0 Å². The lowest BCUT2D eigenvalue weighted by atomic mass is 10.0. The molecule has 1 aliphatic rings. The molecule has 3 aromatic rings. The van der Waals surface area contributed by atoms with Gasteiger partial charge in [-0.1, -0.05) is 18.2 Å². The minimum atomic E-state index is -0.402. The molecule has 0 atom stereocenters. The molecule has 4 heteroatoms. The van der Waals surface area contributed by atoms with E-state index in [-0.39, 0.29) is 5.43 Å². The van der Waals surface area contributed by atoms with Gasteiger partial charge < -0.3 is 4.74 Å². The lowest BCUT2D eigenvalue weighted by Crippen LogP contribution is -2.23. The third kappa shape index (κ3) is 1.91. The maximum absolute atomic E-state index is 13.6. The summed E-state index contributed by atoms with van der Waals surface area (Å²) in [6.45, 7) is 0.589. The van der Waals surface area contributed by atoms with Gasteiger partial charge in [0.15, 0.2) is 5.43 Å². The Bertz CT molecular complexity index is 916. The molecule has 2 heterocycles. The molecule has 0 saturated heterocycles. The number of pyridine rings is 1. The molecule has 4 rings (SSSR count). The van der Waals surface area contributed by atoms with E-state index in [0.29, 0.717) is 35.4 Å². The molecule has 22 heavy (non-hydrogen) atoms. The van der Waals surface area contributed by atoms with Crippen molar-refractivity contribution in [2.45, 2.75) is 12.8 Å². The van der Waals surface area contributed by atoms with Gasteiger partial charge in [-0.3, -0.25) is 9.36 Å². The Balaban J connectivity index is 2.18. The average Bonchev–Trinajstić information content (AvgIpc) is 2.57. The van der Waals surface area contributed by atoms with Gasteiger partial charge in [-0.05, 0) is 43.2 Å². The summed E-state index contributed by atoms with van der Waals surface area (Å²) >= 11 is 0. The minimum Gasteiger partial charge on any atom is -0.478 e. The topological polar surface area (TPSA) is 31.2 Å². The summed E-state index contributed by atoms with van der Waals surface area (Å²) in [5, 5.41) is 0.396. The van der Waals surface area contributed by atoms with Gasteiger partial charge in [0.05, 0.1) is 17.7 Å². The lowest BCUT2D eigenvalue weighted by Gasteiger charge is -2.23. The van der Waals surface area contributed by atoms with Crippen molar-refractivity contribution in [2.24, 2.45) is 0 Å².